The van der Waals surface area contributed by atoms with Gasteiger partial charge in [-0.25, -0.2) is 4.98 Å². The number of piperidine rings is 1. The third kappa shape index (κ3) is 2.37. The molecule has 1 aromatic rings. The lowest BCUT2D eigenvalue weighted by Gasteiger charge is -2.37. The van der Waals surface area contributed by atoms with Crippen LogP contribution in [0.1, 0.15) is 26.7 Å². The molecule has 1 fully saturated rings. The van der Waals surface area contributed by atoms with E-state index in [-0.39, 0.29) is 11.7 Å². The molecule has 2 rings (SSSR count). The zero-order valence-electron chi connectivity index (χ0n) is 10.7. The van der Waals surface area contributed by atoms with Gasteiger partial charge >= 0.3 is 5.69 Å². The summed E-state index contributed by atoms with van der Waals surface area (Å²) in [6.45, 7) is 5.07. The molecule has 2 heterocycles. The Kier molecular flexibility index (Phi) is 3.36. The van der Waals surface area contributed by atoms with Crippen molar-refractivity contribution >= 4 is 17.3 Å². The fraction of sp³-hybridized carbons (Fsp3) is 0.583. The Morgan fingerprint density at radius 2 is 2.22 bits per heavy atom. The predicted molar refractivity (Wildman–Crippen MR) is 70.5 cm³/mol. The van der Waals surface area contributed by atoms with Crippen molar-refractivity contribution in [3.63, 3.8) is 0 Å². The first-order valence-electron chi connectivity index (χ1n) is 6.16. The molecule has 1 aromatic heterocycles. The molecular weight excluding hydrogens is 232 g/mol. The summed E-state index contributed by atoms with van der Waals surface area (Å²) in [5.74, 6) is 1.37. The molecule has 0 radical (unpaired) electrons. The van der Waals surface area contributed by atoms with Crippen LogP contribution in [0.3, 0.4) is 0 Å². The number of nitrogens with zero attached hydrogens (tertiary/aromatic N) is 3. The van der Waals surface area contributed by atoms with Gasteiger partial charge in [0, 0.05) is 18.7 Å². The van der Waals surface area contributed by atoms with Crippen molar-refractivity contribution < 1.29 is 4.92 Å². The maximum absolute atomic E-state index is 11.0. The van der Waals surface area contributed by atoms with E-state index < -0.39 is 4.92 Å². The lowest BCUT2D eigenvalue weighted by molar-refractivity contribution is -0.384. The van der Waals surface area contributed by atoms with Crippen LogP contribution in [0.5, 0.6) is 0 Å². The van der Waals surface area contributed by atoms with Crippen LogP contribution in [0.2, 0.25) is 0 Å². The van der Waals surface area contributed by atoms with Gasteiger partial charge < -0.3 is 10.6 Å². The van der Waals surface area contributed by atoms with Crippen LogP contribution in [0.4, 0.5) is 17.3 Å². The summed E-state index contributed by atoms with van der Waals surface area (Å²) >= 11 is 0. The van der Waals surface area contributed by atoms with Crippen LogP contribution in [0.25, 0.3) is 0 Å². The normalized spacial score (nSPS) is 24.0. The summed E-state index contributed by atoms with van der Waals surface area (Å²) in [7, 11) is 0. The number of anilines is 2. The molecule has 0 saturated carbocycles. The van der Waals surface area contributed by atoms with Gasteiger partial charge in [-0.2, -0.15) is 0 Å². The zero-order chi connectivity index (χ0) is 13.3. The second-order valence-corrected chi connectivity index (χ2v) is 5.01. The molecule has 6 nitrogen and oxygen atoms in total. The molecular formula is C12H18N4O2. The van der Waals surface area contributed by atoms with E-state index in [0.29, 0.717) is 17.6 Å². The highest BCUT2D eigenvalue weighted by Crippen LogP contribution is 2.33. The van der Waals surface area contributed by atoms with E-state index in [1.807, 2.05) is 4.90 Å². The SMILES string of the molecule is CC1CCN(c2nc(N)ccc2[N+](=O)[O-])C(C)C1. The molecule has 18 heavy (non-hydrogen) atoms. The fourth-order valence-corrected chi connectivity index (χ4v) is 2.53. The summed E-state index contributed by atoms with van der Waals surface area (Å²) in [4.78, 5) is 16.8. The second-order valence-electron chi connectivity index (χ2n) is 5.01. The third-order valence-corrected chi connectivity index (χ3v) is 3.48. The molecule has 0 bridgehead atoms. The average molecular weight is 250 g/mol. The van der Waals surface area contributed by atoms with Crippen molar-refractivity contribution in [1.29, 1.82) is 0 Å². The number of rotatable bonds is 2. The Labute approximate surface area is 106 Å². The minimum absolute atomic E-state index is 0.0330. The molecule has 2 atom stereocenters. The monoisotopic (exact) mass is 250 g/mol. The Hall–Kier alpha value is -1.85. The standard InChI is InChI=1S/C12H18N4O2/c1-8-5-6-15(9(2)7-8)12-10(16(17)18)3-4-11(13)14-12/h3-4,8-9H,5-7H2,1-2H3,(H2,13,14). The summed E-state index contributed by atoms with van der Waals surface area (Å²) in [6, 6.07) is 3.16. The molecule has 2 unspecified atom stereocenters. The van der Waals surface area contributed by atoms with E-state index in [0.717, 1.165) is 19.4 Å². The van der Waals surface area contributed by atoms with E-state index in [9.17, 15) is 10.1 Å². The van der Waals surface area contributed by atoms with Crippen molar-refractivity contribution in [2.24, 2.45) is 5.92 Å². The number of aromatic nitrogens is 1. The van der Waals surface area contributed by atoms with Gasteiger partial charge in [-0.1, -0.05) is 6.92 Å². The number of hydrogen-bond donors (Lipinski definition) is 1. The maximum atomic E-state index is 11.0. The molecule has 0 spiro atoms. The van der Waals surface area contributed by atoms with Gasteiger partial charge in [-0.05, 0) is 31.7 Å². The lowest BCUT2D eigenvalue weighted by Crippen LogP contribution is -2.41. The van der Waals surface area contributed by atoms with Crippen LogP contribution >= 0.6 is 0 Å². The second kappa shape index (κ2) is 4.80. The van der Waals surface area contributed by atoms with Gasteiger partial charge in [0.1, 0.15) is 5.82 Å². The van der Waals surface area contributed by atoms with Gasteiger partial charge in [0.2, 0.25) is 5.82 Å². The summed E-state index contributed by atoms with van der Waals surface area (Å²) in [5, 5.41) is 11.0. The van der Waals surface area contributed by atoms with Crippen molar-refractivity contribution in [2.75, 3.05) is 17.2 Å². The number of pyridine rings is 1. The van der Waals surface area contributed by atoms with Crippen LogP contribution in [-0.4, -0.2) is 22.5 Å². The zero-order valence-corrected chi connectivity index (χ0v) is 10.7. The minimum Gasteiger partial charge on any atom is -0.384 e. The van der Waals surface area contributed by atoms with E-state index >= 15 is 0 Å². The van der Waals surface area contributed by atoms with Crippen LogP contribution in [0, 0.1) is 16.0 Å². The lowest BCUT2D eigenvalue weighted by atomic mass is 9.93. The summed E-state index contributed by atoms with van der Waals surface area (Å²) in [5.41, 5.74) is 5.68. The van der Waals surface area contributed by atoms with Crippen LogP contribution in [0.15, 0.2) is 12.1 Å². The first kappa shape index (κ1) is 12.6. The van der Waals surface area contributed by atoms with E-state index in [1.54, 1.807) is 0 Å². The maximum Gasteiger partial charge on any atom is 0.311 e. The summed E-state index contributed by atoms with van der Waals surface area (Å²) < 4.78 is 0. The Morgan fingerprint density at radius 3 is 2.83 bits per heavy atom. The van der Waals surface area contributed by atoms with Crippen LogP contribution in [-0.2, 0) is 0 Å². The van der Waals surface area contributed by atoms with E-state index in [4.69, 9.17) is 5.73 Å². The fourth-order valence-electron chi connectivity index (χ4n) is 2.53. The Balaban J connectivity index is 2.37. The number of nitrogen functional groups attached to an aromatic ring is 1. The number of hydrogen-bond acceptors (Lipinski definition) is 5. The number of nitro groups is 1. The third-order valence-electron chi connectivity index (χ3n) is 3.48. The van der Waals surface area contributed by atoms with Crippen molar-refractivity contribution in [1.82, 2.24) is 4.98 Å². The van der Waals surface area contributed by atoms with Gasteiger partial charge in [0.15, 0.2) is 0 Å². The Morgan fingerprint density at radius 1 is 1.50 bits per heavy atom. The molecule has 1 aliphatic heterocycles. The first-order chi connectivity index (χ1) is 8.49. The Bertz CT molecular complexity index is 463. The number of nitrogens with two attached hydrogens (primary N) is 1. The highest BCUT2D eigenvalue weighted by Gasteiger charge is 2.29. The smallest absolute Gasteiger partial charge is 0.311 e. The topological polar surface area (TPSA) is 85.3 Å². The van der Waals surface area contributed by atoms with E-state index in [2.05, 4.69) is 18.8 Å². The van der Waals surface area contributed by atoms with E-state index in [1.165, 1.54) is 12.1 Å². The predicted octanol–water partition coefficient (Wildman–Crippen LogP) is 2.20. The largest absolute Gasteiger partial charge is 0.384 e. The molecule has 0 aliphatic carbocycles. The quantitative estimate of drug-likeness (QED) is 0.642. The highest BCUT2D eigenvalue weighted by atomic mass is 16.6. The van der Waals surface area contributed by atoms with Gasteiger partial charge in [0.25, 0.3) is 0 Å². The van der Waals surface area contributed by atoms with Gasteiger partial charge in [0.05, 0.1) is 4.92 Å². The van der Waals surface area contributed by atoms with Gasteiger partial charge in [-0.15, -0.1) is 0 Å². The van der Waals surface area contributed by atoms with Crippen molar-refractivity contribution in [3.8, 4) is 0 Å². The average Bonchev–Trinajstić information content (AvgIpc) is 2.28. The molecule has 2 N–H and O–H groups in total. The van der Waals surface area contributed by atoms with Crippen molar-refractivity contribution in [3.05, 3.63) is 22.2 Å². The van der Waals surface area contributed by atoms with Crippen LogP contribution < -0.4 is 10.6 Å². The minimum atomic E-state index is -0.396. The summed E-state index contributed by atoms with van der Waals surface area (Å²) in [6.07, 6.45) is 2.05. The van der Waals surface area contributed by atoms with Crippen molar-refractivity contribution in [2.45, 2.75) is 32.7 Å². The molecule has 0 aromatic carbocycles. The molecule has 98 valence electrons. The molecule has 1 aliphatic rings. The molecule has 6 heteroatoms. The van der Waals surface area contributed by atoms with Gasteiger partial charge in [-0.3, -0.25) is 10.1 Å². The first-order valence-corrected chi connectivity index (χ1v) is 6.16. The highest BCUT2D eigenvalue weighted by molar-refractivity contribution is 5.61. The molecule has 0 amide bonds. The molecule has 1 saturated heterocycles.